The van der Waals surface area contributed by atoms with E-state index in [-0.39, 0.29) is 0 Å². The molecule has 1 unspecified atom stereocenters. The van der Waals surface area contributed by atoms with Crippen LogP contribution in [0.4, 0.5) is 0 Å². The second kappa shape index (κ2) is 12.5. The number of ether oxygens (including phenoxy) is 2. The minimum absolute atomic E-state index is 0.314. The fraction of sp³-hybridized carbons (Fsp3) is 0.545. The predicted molar refractivity (Wildman–Crippen MR) is 122 cm³/mol. The number of nitrogens with one attached hydrogen (secondary N) is 2. The largest absolute Gasteiger partial charge is 0.478 e. The Morgan fingerprint density at radius 1 is 1.27 bits per heavy atom. The van der Waals surface area contributed by atoms with E-state index in [0.717, 1.165) is 57.3 Å². The molecule has 8 heteroatoms. The lowest BCUT2D eigenvalue weighted by Crippen LogP contribution is -2.46. The van der Waals surface area contributed by atoms with Crippen molar-refractivity contribution < 1.29 is 9.47 Å². The lowest BCUT2D eigenvalue weighted by atomic mass is 10.2. The molecule has 0 aromatic carbocycles. The van der Waals surface area contributed by atoms with Crippen LogP contribution in [0.5, 0.6) is 5.88 Å². The van der Waals surface area contributed by atoms with Crippen molar-refractivity contribution in [3.05, 3.63) is 46.3 Å². The third-order valence-corrected chi connectivity index (χ3v) is 5.81. The number of hydrogen-bond acceptors (Lipinski definition) is 6. The van der Waals surface area contributed by atoms with Gasteiger partial charge in [-0.2, -0.15) is 0 Å². The van der Waals surface area contributed by atoms with Gasteiger partial charge in [0.1, 0.15) is 0 Å². The SMILES string of the molecule is CCCOc1ccc(CN=C(NCC)NCC(c2cccs2)N2CCOCC2)cn1. The van der Waals surface area contributed by atoms with E-state index in [4.69, 9.17) is 14.5 Å². The molecule has 1 atom stereocenters. The zero-order valence-corrected chi connectivity index (χ0v) is 18.8. The summed E-state index contributed by atoms with van der Waals surface area (Å²) in [6.07, 6.45) is 2.81. The van der Waals surface area contributed by atoms with Crippen LogP contribution in [0.3, 0.4) is 0 Å². The third kappa shape index (κ3) is 6.97. The number of thiophene rings is 1. The van der Waals surface area contributed by atoms with Gasteiger partial charge < -0.3 is 20.1 Å². The van der Waals surface area contributed by atoms with Gasteiger partial charge in [-0.15, -0.1) is 11.3 Å². The number of guanidine groups is 1. The molecule has 2 aromatic heterocycles. The van der Waals surface area contributed by atoms with Crippen LogP contribution in [0.1, 0.15) is 36.8 Å². The van der Waals surface area contributed by atoms with Gasteiger partial charge in [0, 0.05) is 43.3 Å². The first-order valence-corrected chi connectivity index (χ1v) is 11.6. The van der Waals surface area contributed by atoms with Crippen LogP contribution in [0.25, 0.3) is 0 Å². The number of aliphatic imine (C=N–C) groups is 1. The molecule has 0 spiro atoms. The standard InChI is InChI=1S/C22H33N5O2S/c1-3-11-29-21-8-7-18(15-24-21)16-25-22(23-4-2)26-17-19(20-6-5-14-30-20)27-9-12-28-13-10-27/h5-8,14-15,19H,3-4,9-13,16-17H2,1-2H3,(H2,23,25,26). The quantitative estimate of drug-likeness (QED) is 0.445. The Labute approximate surface area is 183 Å². The Morgan fingerprint density at radius 3 is 2.80 bits per heavy atom. The molecule has 1 aliphatic heterocycles. The molecule has 1 saturated heterocycles. The Kier molecular flexibility index (Phi) is 9.40. The van der Waals surface area contributed by atoms with Gasteiger partial charge in [-0.1, -0.05) is 19.1 Å². The fourth-order valence-corrected chi connectivity index (χ4v) is 4.14. The summed E-state index contributed by atoms with van der Waals surface area (Å²) in [5.74, 6) is 1.48. The molecule has 0 bridgehead atoms. The van der Waals surface area contributed by atoms with Gasteiger partial charge in [-0.05, 0) is 30.4 Å². The van der Waals surface area contributed by atoms with E-state index < -0.39 is 0 Å². The van der Waals surface area contributed by atoms with Crippen LogP contribution in [-0.2, 0) is 11.3 Å². The van der Waals surface area contributed by atoms with Gasteiger partial charge in [0.15, 0.2) is 5.96 Å². The van der Waals surface area contributed by atoms with Crippen molar-refractivity contribution in [2.24, 2.45) is 4.99 Å². The molecule has 7 nitrogen and oxygen atoms in total. The lowest BCUT2D eigenvalue weighted by molar-refractivity contribution is 0.0177. The summed E-state index contributed by atoms with van der Waals surface area (Å²) in [5, 5.41) is 9.03. The molecular formula is C22H33N5O2S. The summed E-state index contributed by atoms with van der Waals surface area (Å²) in [6, 6.07) is 8.58. The van der Waals surface area contributed by atoms with Crippen molar-refractivity contribution in [3.8, 4) is 5.88 Å². The highest BCUT2D eigenvalue weighted by Gasteiger charge is 2.23. The second-order valence-corrected chi connectivity index (χ2v) is 8.09. The smallest absolute Gasteiger partial charge is 0.213 e. The summed E-state index contributed by atoms with van der Waals surface area (Å²) in [7, 11) is 0. The average molecular weight is 432 g/mol. The summed E-state index contributed by atoms with van der Waals surface area (Å²) in [4.78, 5) is 13.0. The van der Waals surface area contributed by atoms with Gasteiger partial charge in [0.25, 0.3) is 0 Å². The minimum atomic E-state index is 0.314. The molecule has 0 saturated carbocycles. The Hall–Kier alpha value is -2.16. The van der Waals surface area contributed by atoms with Crippen LogP contribution >= 0.6 is 11.3 Å². The maximum Gasteiger partial charge on any atom is 0.213 e. The molecular weight excluding hydrogens is 398 g/mol. The van der Waals surface area contributed by atoms with Gasteiger partial charge in [-0.3, -0.25) is 4.90 Å². The molecule has 0 aliphatic carbocycles. The van der Waals surface area contributed by atoms with E-state index in [1.165, 1.54) is 4.88 Å². The Bertz CT molecular complexity index is 745. The summed E-state index contributed by atoms with van der Waals surface area (Å²) in [5.41, 5.74) is 1.05. The normalized spacial score (nSPS) is 16.3. The molecule has 2 aromatic rings. The third-order valence-electron chi connectivity index (χ3n) is 4.84. The van der Waals surface area contributed by atoms with E-state index in [9.17, 15) is 0 Å². The molecule has 1 aliphatic rings. The first kappa shape index (κ1) is 22.5. The van der Waals surface area contributed by atoms with Crippen molar-refractivity contribution in [2.45, 2.75) is 32.9 Å². The van der Waals surface area contributed by atoms with Crippen molar-refractivity contribution in [1.82, 2.24) is 20.5 Å². The number of aromatic nitrogens is 1. The van der Waals surface area contributed by atoms with Crippen LogP contribution < -0.4 is 15.4 Å². The lowest BCUT2D eigenvalue weighted by Gasteiger charge is -2.34. The molecule has 1 fully saturated rings. The molecule has 30 heavy (non-hydrogen) atoms. The van der Waals surface area contributed by atoms with Crippen LogP contribution in [0.2, 0.25) is 0 Å². The van der Waals surface area contributed by atoms with Crippen LogP contribution in [-0.4, -0.2) is 61.8 Å². The predicted octanol–water partition coefficient (Wildman–Crippen LogP) is 3.06. The summed E-state index contributed by atoms with van der Waals surface area (Å²) >= 11 is 1.80. The van der Waals surface area contributed by atoms with Crippen molar-refractivity contribution in [1.29, 1.82) is 0 Å². The molecule has 3 heterocycles. The monoisotopic (exact) mass is 431 g/mol. The molecule has 2 N–H and O–H groups in total. The summed E-state index contributed by atoms with van der Waals surface area (Å²) < 4.78 is 11.1. The van der Waals surface area contributed by atoms with Crippen LogP contribution in [0.15, 0.2) is 40.8 Å². The van der Waals surface area contributed by atoms with E-state index in [0.29, 0.717) is 25.1 Å². The zero-order valence-electron chi connectivity index (χ0n) is 18.0. The van der Waals surface area contributed by atoms with E-state index >= 15 is 0 Å². The van der Waals surface area contributed by atoms with Crippen molar-refractivity contribution in [3.63, 3.8) is 0 Å². The van der Waals surface area contributed by atoms with Crippen molar-refractivity contribution in [2.75, 3.05) is 46.0 Å². The fourth-order valence-electron chi connectivity index (χ4n) is 3.28. The topological polar surface area (TPSA) is 71.0 Å². The maximum absolute atomic E-state index is 5.55. The number of nitrogens with zero attached hydrogens (tertiary/aromatic N) is 3. The van der Waals surface area contributed by atoms with E-state index in [1.807, 2.05) is 18.3 Å². The number of hydrogen-bond donors (Lipinski definition) is 2. The first-order chi connectivity index (χ1) is 14.8. The molecule has 0 amide bonds. The number of rotatable bonds is 10. The zero-order chi connectivity index (χ0) is 21.0. The second-order valence-electron chi connectivity index (χ2n) is 7.11. The maximum atomic E-state index is 5.55. The Morgan fingerprint density at radius 2 is 2.13 bits per heavy atom. The highest BCUT2D eigenvalue weighted by atomic mass is 32.1. The Balaban J connectivity index is 1.60. The van der Waals surface area contributed by atoms with Gasteiger partial charge in [-0.25, -0.2) is 9.98 Å². The minimum Gasteiger partial charge on any atom is -0.478 e. The van der Waals surface area contributed by atoms with Crippen LogP contribution in [0, 0.1) is 0 Å². The highest BCUT2D eigenvalue weighted by molar-refractivity contribution is 7.10. The van der Waals surface area contributed by atoms with E-state index in [1.54, 1.807) is 11.3 Å². The number of pyridine rings is 1. The summed E-state index contributed by atoms with van der Waals surface area (Å²) in [6.45, 7) is 10.5. The number of morpholine rings is 1. The molecule has 0 radical (unpaired) electrons. The first-order valence-electron chi connectivity index (χ1n) is 10.7. The van der Waals surface area contributed by atoms with Gasteiger partial charge in [0.2, 0.25) is 5.88 Å². The molecule has 3 rings (SSSR count). The highest BCUT2D eigenvalue weighted by Crippen LogP contribution is 2.25. The van der Waals surface area contributed by atoms with E-state index in [2.05, 4.69) is 51.9 Å². The molecule has 164 valence electrons. The van der Waals surface area contributed by atoms with Crippen molar-refractivity contribution >= 4 is 17.3 Å². The van der Waals surface area contributed by atoms with Gasteiger partial charge in [0.05, 0.1) is 32.4 Å². The van der Waals surface area contributed by atoms with Gasteiger partial charge >= 0.3 is 0 Å². The average Bonchev–Trinajstić information content (AvgIpc) is 3.32.